The number of aliphatic hydroxyl groups is 1. The number of nitrogens with one attached hydrogen (secondary N) is 1. The van der Waals surface area contributed by atoms with Gasteiger partial charge in [-0.3, -0.25) is 0 Å². The van der Waals surface area contributed by atoms with E-state index in [1.165, 1.54) is 0 Å². The number of rotatable bonds is 6. The predicted molar refractivity (Wildman–Crippen MR) is 102 cm³/mol. The molecule has 5 heteroatoms. The van der Waals surface area contributed by atoms with Crippen molar-refractivity contribution < 1.29 is 14.6 Å². The van der Waals surface area contributed by atoms with Crippen molar-refractivity contribution in [2.75, 3.05) is 26.3 Å². The maximum absolute atomic E-state index is 11.6. The van der Waals surface area contributed by atoms with Gasteiger partial charge in [0.2, 0.25) is 0 Å². The Morgan fingerprint density at radius 3 is 2.56 bits per heavy atom. The Balaban J connectivity index is 0.00000225. The average molecular weight is 364 g/mol. The summed E-state index contributed by atoms with van der Waals surface area (Å²) in [6.45, 7) is 4.61. The zero-order chi connectivity index (χ0) is 16.8. The first kappa shape index (κ1) is 19.7. The van der Waals surface area contributed by atoms with Gasteiger partial charge in [0.05, 0.1) is 13.2 Å². The van der Waals surface area contributed by atoms with E-state index in [0.717, 1.165) is 23.4 Å². The van der Waals surface area contributed by atoms with E-state index < -0.39 is 5.60 Å². The molecule has 1 aliphatic heterocycles. The van der Waals surface area contributed by atoms with E-state index in [-0.39, 0.29) is 18.5 Å². The molecule has 3 rings (SSSR count). The van der Waals surface area contributed by atoms with Gasteiger partial charge in [0.25, 0.3) is 0 Å². The van der Waals surface area contributed by atoms with Gasteiger partial charge in [-0.15, -0.1) is 12.4 Å². The van der Waals surface area contributed by atoms with Gasteiger partial charge in [-0.1, -0.05) is 48.5 Å². The SMILES string of the molecule is CCOc1ccccc1CC(O)(c1ccccc1)C1CNCCO1.Cl. The predicted octanol–water partition coefficient (Wildman–Crippen LogP) is 2.93. The monoisotopic (exact) mass is 363 g/mol. The molecule has 136 valence electrons. The average Bonchev–Trinajstić information content (AvgIpc) is 2.65. The van der Waals surface area contributed by atoms with Crippen LogP contribution in [-0.2, 0) is 16.8 Å². The van der Waals surface area contributed by atoms with Crippen LogP contribution in [0.1, 0.15) is 18.1 Å². The van der Waals surface area contributed by atoms with Crippen molar-refractivity contribution in [3.05, 3.63) is 65.7 Å². The summed E-state index contributed by atoms with van der Waals surface area (Å²) in [5.41, 5.74) is 0.742. The van der Waals surface area contributed by atoms with E-state index in [1.807, 2.05) is 61.5 Å². The van der Waals surface area contributed by atoms with Crippen LogP contribution in [0.5, 0.6) is 5.75 Å². The molecule has 2 unspecified atom stereocenters. The Hall–Kier alpha value is -1.59. The molecule has 1 saturated heterocycles. The Kier molecular flexibility index (Phi) is 7.26. The van der Waals surface area contributed by atoms with Crippen LogP contribution in [0, 0.1) is 0 Å². The fourth-order valence-electron chi connectivity index (χ4n) is 3.24. The van der Waals surface area contributed by atoms with Gasteiger partial charge < -0.3 is 19.9 Å². The molecule has 1 fully saturated rings. The van der Waals surface area contributed by atoms with Gasteiger partial charge in [-0.2, -0.15) is 0 Å². The van der Waals surface area contributed by atoms with Gasteiger partial charge in [-0.05, 0) is 24.1 Å². The van der Waals surface area contributed by atoms with Gasteiger partial charge >= 0.3 is 0 Å². The minimum Gasteiger partial charge on any atom is -0.494 e. The molecule has 0 saturated carbocycles. The van der Waals surface area contributed by atoms with Crippen LogP contribution in [0.4, 0.5) is 0 Å². The number of ether oxygens (including phenoxy) is 2. The number of para-hydroxylation sites is 1. The topological polar surface area (TPSA) is 50.7 Å². The highest BCUT2D eigenvalue weighted by Crippen LogP contribution is 2.34. The Morgan fingerprint density at radius 2 is 1.88 bits per heavy atom. The summed E-state index contributed by atoms with van der Waals surface area (Å²) in [5, 5.41) is 15.0. The summed E-state index contributed by atoms with van der Waals surface area (Å²) >= 11 is 0. The molecular weight excluding hydrogens is 338 g/mol. The van der Waals surface area contributed by atoms with Crippen LogP contribution >= 0.6 is 12.4 Å². The van der Waals surface area contributed by atoms with Crippen molar-refractivity contribution in [3.63, 3.8) is 0 Å². The lowest BCUT2D eigenvalue weighted by Crippen LogP contribution is -2.52. The fraction of sp³-hybridized carbons (Fsp3) is 0.400. The molecule has 2 aromatic carbocycles. The standard InChI is InChI=1S/C20H25NO3.ClH/c1-2-23-18-11-7-6-8-16(18)14-20(22,17-9-4-3-5-10-17)19-15-21-12-13-24-19;/h3-11,19,21-22H,2,12-15H2,1H3;1H. The highest BCUT2D eigenvalue weighted by atomic mass is 35.5. The van der Waals surface area contributed by atoms with Crippen molar-refractivity contribution in [1.82, 2.24) is 5.32 Å². The molecule has 4 nitrogen and oxygen atoms in total. The van der Waals surface area contributed by atoms with Crippen molar-refractivity contribution in [3.8, 4) is 5.75 Å². The fourth-order valence-corrected chi connectivity index (χ4v) is 3.24. The van der Waals surface area contributed by atoms with E-state index in [4.69, 9.17) is 9.47 Å². The largest absolute Gasteiger partial charge is 0.494 e. The maximum Gasteiger partial charge on any atom is 0.122 e. The van der Waals surface area contributed by atoms with Crippen LogP contribution < -0.4 is 10.1 Å². The third-order valence-electron chi connectivity index (χ3n) is 4.47. The smallest absolute Gasteiger partial charge is 0.122 e. The Labute approximate surface area is 155 Å². The number of benzene rings is 2. The number of halogens is 1. The van der Waals surface area contributed by atoms with Crippen LogP contribution in [0.3, 0.4) is 0 Å². The summed E-state index contributed by atoms with van der Waals surface area (Å²) in [6, 6.07) is 17.7. The first-order chi connectivity index (χ1) is 11.7. The lowest BCUT2D eigenvalue weighted by molar-refractivity contribution is -0.124. The van der Waals surface area contributed by atoms with Crippen molar-refractivity contribution >= 4 is 12.4 Å². The second-order valence-corrected chi connectivity index (χ2v) is 6.07. The molecule has 0 spiro atoms. The van der Waals surface area contributed by atoms with E-state index in [0.29, 0.717) is 26.2 Å². The first-order valence-electron chi connectivity index (χ1n) is 8.55. The van der Waals surface area contributed by atoms with Crippen LogP contribution in [0.2, 0.25) is 0 Å². The number of hydrogen-bond acceptors (Lipinski definition) is 4. The van der Waals surface area contributed by atoms with Crippen molar-refractivity contribution in [1.29, 1.82) is 0 Å². The molecule has 2 aromatic rings. The van der Waals surface area contributed by atoms with E-state index in [1.54, 1.807) is 0 Å². The van der Waals surface area contributed by atoms with E-state index in [2.05, 4.69) is 5.32 Å². The number of morpholine rings is 1. The molecule has 0 amide bonds. The first-order valence-corrected chi connectivity index (χ1v) is 8.55. The van der Waals surface area contributed by atoms with Gasteiger partial charge in [0, 0.05) is 19.5 Å². The van der Waals surface area contributed by atoms with E-state index in [9.17, 15) is 5.11 Å². The molecule has 1 aliphatic rings. The third kappa shape index (κ3) is 4.53. The molecule has 1 heterocycles. The summed E-state index contributed by atoms with van der Waals surface area (Å²) in [7, 11) is 0. The molecule has 0 aliphatic carbocycles. The minimum atomic E-state index is -1.11. The highest BCUT2D eigenvalue weighted by Gasteiger charge is 2.41. The molecular formula is C20H26ClNO3. The maximum atomic E-state index is 11.6. The molecule has 2 N–H and O–H groups in total. The number of hydrogen-bond donors (Lipinski definition) is 2. The summed E-state index contributed by atoms with van der Waals surface area (Å²) in [6.07, 6.45) is 0.142. The summed E-state index contributed by atoms with van der Waals surface area (Å²) < 4.78 is 11.7. The quantitative estimate of drug-likeness (QED) is 0.828. The molecule has 0 radical (unpaired) electrons. The lowest BCUT2D eigenvalue weighted by atomic mass is 9.81. The minimum absolute atomic E-state index is 0. The van der Waals surface area contributed by atoms with Crippen molar-refractivity contribution in [2.45, 2.75) is 25.0 Å². The van der Waals surface area contributed by atoms with Crippen LogP contribution in [0.15, 0.2) is 54.6 Å². The molecule has 25 heavy (non-hydrogen) atoms. The highest BCUT2D eigenvalue weighted by molar-refractivity contribution is 5.85. The van der Waals surface area contributed by atoms with Crippen LogP contribution in [-0.4, -0.2) is 37.5 Å². The van der Waals surface area contributed by atoms with Gasteiger partial charge in [-0.25, -0.2) is 0 Å². The second kappa shape index (κ2) is 9.20. The Bertz CT molecular complexity index is 646. The normalized spacial score (nSPS) is 19.5. The summed E-state index contributed by atoms with van der Waals surface area (Å²) in [5.74, 6) is 0.818. The molecule has 0 bridgehead atoms. The zero-order valence-electron chi connectivity index (χ0n) is 14.5. The summed E-state index contributed by atoms with van der Waals surface area (Å²) in [4.78, 5) is 0. The van der Waals surface area contributed by atoms with E-state index >= 15 is 0 Å². The van der Waals surface area contributed by atoms with Gasteiger partial charge in [0.1, 0.15) is 17.5 Å². The third-order valence-corrected chi connectivity index (χ3v) is 4.47. The molecule has 2 atom stereocenters. The zero-order valence-corrected chi connectivity index (χ0v) is 15.3. The van der Waals surface area contributed by atoms with Crippen LogP contribution in [0.25, 0.3) is 0 Å². The van der Waals surface area contributed by atoms with Crippen molar-refractivity contribution in [2.24, 2.45) is 0 Å². The second-order valence-electron chi connectivity index (χ2n) is 6.07. The lowest BCUT2D eigenvalue weighted by Gasteiger charge is -2.39. The van der Waals surface area contributed by atoms with Gasteiger partial charge in [0.15, 0.2) is 0 Å². The molecule has 0 aromatic heterocycles. The Morgan fingerprint density at radius 1 is 1.16 bits per heavy atom.